The molecule has 0 radical (unpaired) electrons. The van der Waals surface area contributed by atoms with E-state index in [9.17, 15) is 4.79 Å². The molecular formula is C30H28ClN3O2. The molecular weight excluding hydrogens is 470 g/mol. The standard InChI is InChI=1S/C30H28ClN3O2/c1-20(2)36-25-13-11-21(12-14-25)17-26(22-7-4-3-5-8-22)30(35)34-16-15-28-27(19-34)29(33-32-28)23-9-6-10-24(31)18-23/h3-14,17-18,20H,15-16,19H2,1-2H3,(H,32,33)/b26-17+. The molecule has 0 bridgehead atoms. The van der Waals surface area contributed by atoms with Crippen LogP contribution in [0, 0.1) is 0 Å². The predicted octanol–water partition coefficient (Wildman–Crippen LogP) is 6.64. The monoisotopic (exact) mass is 497 g/mol. The molecule has 2 heterocycles. The van der Waals surface area contributed by atoms with Crippen molar-refractivity contribution in [2.45, 2.75) is 32.9 Å². The first-order valence-corrected chi connectivity index (χ1v) is 12.5. The fraction of sp³-hybridized carbons (Fsp3) is 0.200. The lowest BCUT2D eigenvalue weighted by atomic mass is 9.97. The van der Waals surface area contributed by atoms with E-state index in [0.717, 1.165) is 45.8 Å². The lowest BCUT2D eigenvalue weighted by Gasteiger charge is -2.28. The van der Waals surface area contributed by atoms with Crippen molar-refractivity contribution in [3.05, 3.63) is 106 Å². The third-order valence-electron chi connectivity index (χ3n) is 6.20. The Morgan fingerprint density at radius 1 is 1.06 bits per heavy atom. The number of carbonyl (C=O) groups is 1. The number of H-pyrrole nitrogens is 1. The van der Waals surface area contributed by atoms with E-state index in [1.807, 2.05) is 104 Å². The molecule has 6 heteroatoms. The molecule has 0 atom stereocenters. The zero-order valence-electron chi connectivity index (χ0n) is 20.4. The van der Waals surface area contributed by atoms with Crippen LogP contribution in [-0.4, -0.2) is 33.7 Å². The van der Waals surface area contributed by atoms with Crippen molar-refractivity contribution in [1.82, 2.24) is 15.1 Å². The number of aromatic nitrogens is 2. The molecule has 5 nitrogen and oxygen atoms in total. The second kappa shape index (κ2) is 10.4. The summed E-state index contributed by atoms with van der Waals surface area (Å²) >= 11 is 6.23. The number of carbonyl (C=O) groups excluding carboxylic acids is 1. The van der Waals surface area contributed by atoms with Crippen LogP contribution in [0.5, 0.6) is 5.75 Å². The van der Waals surface area contributed by atoms with Gasteiger partial charge >= 0.3 is 0 Å². The second-order valence-corrected chi connectivity index (χ2v) is 9.61. The Kier molecular flexibility index (Phi) is 6.92. The Bertz CT molecular complexity index is 1390. The molecule has 0 fully saturated rings. The first kappa shape index (κ1) is 23.9. The van der Waals surface area contributed by atoms with Gasteiger partial charge in [-0.2, -0.15) is 5.10 Å². The summed E-state index contributed by atoms with van der Waals surface area (Å²) < 4.78 is 5.77. The zero-order chi connectivity index (χ0) is 25.1. The maximum Gasteiger partial charge on any atom is 0.254 e. The zero-order valence-corrected chi connectivity index (χ0v) is 21.1. The van der Waals surface area contributed by atoms with Crippen molar-refractivity contribution in [3.63, 3.8) is 0 Å². The number of nitrogens with one attached hydrogen (secondary N) is 1. The third-order valence-corrected chi connectivity index (χ3v) is 6.43. The fourth-order valence-corrected chi connectivity index (χ4v) is 4.67. The van der Waals surface area contributed by atoms with Crippen LogP contribution in [0.25, 0.3) is 22.9 Å². The minimum absolute atomic E-state index is 0.00685. The summed E-state index contributed by atoms with van der Waals surface area (Å²) in [4.78, 5) is 15.8. The summed E-state index contributed by atoms with van der Waals surface area (Å²) in [5.74, 6) is 0.805. The molecule has 1 amide bonds. The van der Waals surface area contributed by atoms with E-state index in [4.69, 9.17) is 16.3 Å². The Morgan fingerprint density at radius 3 is 2.56 bits per heavy atom. The van der Waals surface area contributed by atoms with Gasteiger partial charge in [-0.25, -0.2) is 0 Å². The maximum atomic E-state index is 13.9. The normalized spacial score (nSPS) is 13.6. The highest BCUT2D eigenvalue weighted by Crippen LogP contribution is 2.31. The van der Waals surface area contributed by atoms with Crippen molar-refractivity contribution < 1.29 is 9.53 Å². The van der Waals surface area contributed by atoms with E-state index in [0.29, 0.717) is 23.7 Å². The van der Waals surface area contributed by atoms with Gasteiger partial charge in [0.05, 0.1) is 11.8 Å². The second-order valence-electron chi connectivity index (χ2n) is 9.18. The molecule has 182 valence electrons. The summed E-state index contributed by atoms with van der Waals surface area (Å²) in [7, 11) is 0. The quantitative estimate of drug-likeness (QED) is 0.240. The average molecular weight is 498 g/mol. The highest BCUT2D eigenvalue weighted by Gasteiger charge is 2.28. The van der Waals surface area contributed by atoms with Crippen molar-refractivity contribution in [2.24, 2.45) is 0 Å². The molecule has 3 aromatic carbocycles. The number of rotatable bonds is 6. The van der Waals surface area contributed by atoms with Crippen LogP contribution in [0.2, 0.25) is 5.02 Å². The molecule has 1 aliphatic rings. The Labute approximate surface area is 216 Å². The topological polar surface area (TPSA) is 58.2 Å². The molecule has 4 aromatic rings. The van der Waals surface area contributed by atoms with E-state index in [-0.39, 0.29) is 12.0 Å². The van der Waals surface area contributed by atoms with Crippen LogP contribution in [0.1, 0.15) is 36.2 Å². The van der Waals surface area contributed by atoms with Gasteiger partial charge in [-0.1, -0.05) is 66.2 Å². The molecule has 5 rings (SSSR count). The number of hydrogen-bond acceptors (Lipinski definition) is 3. The Hall–Kier alpha value is -3.83. The number of fused-ring (bicyclic) bond motifs is 1. The number of benzene rings is 3. The van der Waals surface area contributed by atoms with Gasteiger partial charge in [-0.3, -0.25) is 9.89 Å². The number of nitrogens with zero attached hydrogens (tertiary/aromatic N) is 2. The number of aromatic amines is 1. The maximum absolute atomic E-state index is 13.9. The van der Waals surface area contributed by atoms with E-state index in [1.54, 1.807) is 0 Å². The van der Waals surface area contributed by atoms with Crippen LogP contribution >= 0.6 is 11.6 Å². The number of halogens is 1. The SMILES string of the molecule is CC(C)Oc1ccc(/C=C(/C(=O)N2CCc3[nH]nc(-c4cccc(Cl)c4)c3C2)c2ccccc2)cc1. The summed E-state index contributed by atoms with van der Waals surface area (Å²) in [5.41, 5.74) is 6.38. The van der Waals surface area contributed by atoms with Crippen LogP contribution in [-0.2, 0) is 17.8 Å². The van der Waals surface area contributed by atoms with E-state index < -0.39 is 0 Å². The van der Waals surface area contributed by atoms with Gasteiger partial charge in [0.15, 0.2) is 0 Å². The Morgan fingerprint density at radius 2 is 1.83 bits per heavy atom. The molecule has 36 heavy (non-hydrogen) atoms. The van der Waals surface area contributed by atoms with Gasteiger partial charge in [0.1, 0.15) is 5.75 Å². The minimum atomic E-state index is -0.00685. The van der Waals surface area contributed by atoms with Crippen molar-refractivity contribution in [2.75, 3.05) is 6.54 Å². The largest absolute Gasteiger partial charge is 0.491 e. The van der Waals surface area contributed by atoms with E-state index >= 15 is 0 Å². The van der Waals surface area contributed by atoms with Gasteiger partial charge in [-0.05, 0) is 55.3 Å². The molecule has 1 N–H and O–H groups in total. The molecule has 1 aliphatic heterocycles. The molecule has 0 saturated carbocycles. The number of amides is 1. The van der Waals surface area contributed by atoms with Crippen molar-refractivity contribution >= 4 is 29.2 Å². The van der Waals surface area contributed by atoms with Gasteiger partial charge in [0.25, 0.3) is 5.91 Å². The lowest BCUT2D eigenvalue weighted by molar-refractivity contribution is -0.125. The highest BCUT2D eigenvalue weighted by atomic mass is 35.5. The third kappa shape index (κ3) is 5.21. The van der Waals surface area contributed by atoms with E-state index in [1.165, 1.54) is 0 Å². The summed E-state index contributed by atoms with van der Waals surface area (Å²) in [6, 6.07) is 25.3. The first-order valence-electron chi connectivity index (χ1n) is 12.1. The van der Waals surface area contributed by atoms with Gasteiger partial charge in [0, 0.05) is 46.9 Å². The van der Waals surface area contributed by atoms with E-state index in [2.05, 4.69) is 10.2 Å². The smallest absolute Gasteiger partial charge is 0.254 e. The number of hydrogen-bond donors (Lipinski definition) is 1. The summed E-state index contributed by atoms with van der Waals surface area (Å²) in [6.07, 6.45) is 2.79. The van der Waals surface area contributed by atoms with Gasteiger partial charge < -0.3 is 9.64 Å². The van der Waals surface area contributed by atoms with Crippen molar-refractivity contribution in [3.8, 4) is 17.0 Å². The number of ether oxygens (including phenoxy) is 1. The predicted molar refractivity (Wildman–Crippen MR) is 145 cm³/mol. The van der Waals surface area contributed by atoms with Crippen molar-refractivity contribution in [1.29, 1.82) is 0 Å². The highest BCUT2D eigenvalue weighted by molar-refractivity contribution is 6.30. The molecule has 0 aliphatic carbocycles. The van der Waals surface area contributed by atoms with Gasteiger partial charge in [0.2, 0.25) is 0 Å². The van der Waals surface area contributed by atoms with Crippen LogP contribution in [0.15, 0.2) is 78.9 Å². The van der Waals surface area contributed by atoms with Gasteiger partial charge in [-0.15, -0.1) is 0 Å². The van der Waals surface area contributed by atoms with Crippen LogP contribution in [0.4, 0.5) is 0 Å². The van der Waals surface area contributed by atoms with Crippen LogP contribution in [0.3, 0.4) is 0 Å². The first-order chi connectivity index (χ1) is 17.5. The van der Waals surface area contributed by atoms with Crippen LogP contribution < -0.4 is 4.74 Å². The lowest BCUT2D eigenvalue weighted by Crippen LogP contribution is -2.36. The Balaban J connectivity index is 1.46. The summed E-state index contributed by atoms with van der Waals surface area (Å²) in [5, 5.41) is 8.38. The average Bonchev–Trinajstić information content (AvgIpc) is 3.31. The summed E-state index contributed by atoms with van der Waals surface area (Å²) in [6.45, 7) is 5.11. The molecule has 0 unspecified atom stereocenters. The molecule has 0 spiro atoms. The fourth-order valence-electron chi connectivity index (χ4n) is 4.48. The molecule has 0 saturated heterocycles. The minimum Gasteiger partial charge on any atom is -0.491 e. The molecule has 1 aromatic heterocycles.